The zero-order valence-corrected chi connectivity index (χ0v) is 10.8. The third-order valence-corrected chi connectivity index (χ3v) is 3.03. The first-order chi connectivity index (χ1) is 8.34. The van der Waals surface area contributed by atoms with Crippen molar-refractivity contribution < 1.29 is 29.7 Å². The second-order valence-corrected chi connectivity index (χ2v) is 4.45. The van der Waals surface area contributed by atoms with Crippen molar-refractivity contribution in [3.8, 4) is 0 Å². The molecule has 1 unspecified atom stereocenters. The molecular formula is C11H17ClO6. The van der Waals surface area contributed by atoms with Gasteiger partial charge in [0.2, 0.25) is 0 Å². The highest BCUT2D eigenvalue weighted by atomic mass is 35.5. The van der Waals surface area contributed by atoms with Gasteiger partial charge in [0.1, 0.15) is 0 Å². The van der Waals surface area contributed by atoms with Crippen molar-refractivity contribution in [2.75, 3.05) is 5.88 Å². The summed E-state index contributed by atoms with van der Waals surface area (Å²) in [6.45, 7) is 2.17. The van der Waals surface area contributed by atoms with Crippen LogP contribution in [-0.2, 0) is 14.4 Å². The predicted molar refractivity (Wildman–Crippen MR) is 63.7 cm³/mol. The van der Waals surface area contributed by atoms with Gasteiger partial charge in [-0.15, -0.1) is 11.6 Å². The lowest BCUT2D eigenvalue weighted by Crippen LogP contribution is -2.29. The van der Waals surface area contributed by atoms with E-state index >= 15 is 0 Å². The molecule has 0 amide bonds. The van der Waals surface area contributed by atoms with Crippen LogP contribution in [0.4, 0.5) is 0 Å². The number of carboxylic acids is 3. The van der Waals surface area contributed by atoms with E-state index in [-0.39, 0.29) is 6.42 Å². The molecule has 1 aliphatic carbocycles. The Morgan fingerprint density at radius 2 is 1.67 bits per heavy atom. The Kier molecular flexibility index (Phi) is 6.68. The molecule has 0 aromatic rings. The average Bonchev–Trinajstić information content (AvgIpc) is 3.03. The van der Waals surface area contributed by atoms with Crippen LogP contribution in [0.2, 0.25) is 0 Å². The number of aliphatic carboxylic acids is 3. The van der Waals surface area contributed by atoms with Gasteiger partial charge >= 0.3 is 17.9 Å². The van der Waals surface area contributed by atoms with Crippen LogP contribution in [0.25, 0.3) is 0 Å². The zero-order valence-electron chi connectivity index (χ0n) is 10.1. The van der Waals surface area contributed by atoms with E-state index < -0.39 is 29.2 Å². The van der Waals surface area contributed by atoms with Crippen LogP contribution >= 0.6 is 11.6 Å². The minimum Gasteiger partial charge on any atom is -0.481 e. The van der Waals surface area contributed by atoms with Crippen LogP contribution in [0.5, 0.6) is 0 Å². The number of rotatable bonds is 6. The molecule has 1 rings (SSSR count). The molecule has 0 heterocycles. The fourth-order valence-electron chi connectivity index (χ4n) is 1.47. The molecule has 3 N–H and O–H groups in total. The van der Waals surface area contributed by atoms with Crippen molar-refractivity contribution >= 4 is 29.5 Å². The van der Waals surface area contributed by atoms with Gasteiger partial charge in [-0.3, -0.25) is 14.4 Å². The third kappa shape index (κ3) is 3.87. The lowest BCUT2D eigenvalue weighted by atomic mass is 10.1. The van der Waals surface area contributed by atoms with Crippen molar-refractivity contribution in [2.45, 2.75) is 32.6 Å². The maximum Gasteiger partial charge on any atom is 0.321 e. The smallest absolute Gasteiger partial charge is 0.321 e. The Labute approximate surface area is 110 Å². The average molecular weight is 281 g/mol. The summed E-state index contributed by atoms with van der Waals surface area (Å²) in [5, 5.41) is 25.3. The zero-order chi connectivity index (χ0) is 14.3. The molecular weight excluding hydrogens is 264 g/mol. The third-order valence-electron chi connectivity index (χ3n) is 2.76. The van der Waals surface area contributed by atoms with Gasteiger partial charge in [0.25, 0.3) is 0 Å². The van der Waals surface area contributed by atoms with Gasteiger partial charge in [-0.05, 0) is 12.8 Å². The van der Waals surface area contributed by atoms with Gasteiger partial charge < -0.3 is 15.3 Å². The molecule has 1 fully saturated rings. The second kappa shape index (κ2) is 7.20. The quantitative estimate of drug-likeness (QED) is 0.387. The number of hydrogen-bond acceptors (Lipinski definition) is 3. The lowest BCUT2D eigenvalue weighted by molar-refractivity contribution is -0.160. The summed E-state index contributed by atoms with van der Waals surface area (Å²) in [5.41, 5.74) is -2.08. The SMILES string of the molecule is CCCCCCl.O=C(O)C1CC1(C(=O)O)C(=O)O. The van der Waals surface area contributed by atoms with E-state index in [1.807, 2.05) is 0 Å². The Bertz CT molecular complexity index is 309. The first-order valence-electron chi connectivity index (χ1n) is 5.60. The lowest BCUT2D eigenvalue weighted by Gasteiger charge is -2.02. The standard InChI is InChI=1S/C6H6O6.C5H11Cl/c7-3(8)2-1-6(2,4(9)10)5(11)12;1-2-3-4-5-6/h2H,1H2,(H,7,8)(H,9,10)(H,11,12);2-5H2,1H3. The van der Waals surface area contributed by atoms with Gasteiger partial charge in [0, 0.05) is 5.88 Å². The maximum absolute atomic E-state index is 10.4. The van der Waals surface area contributed by atoms with E-state index in [1.54, 1.807) is 0 Å². The van der Waals surface area contributed by atoms with Gasteiger partial charge in [-0.25, -0.2) is 0 Å². The molecule has 18 heavy (non-hydrogen) atoms. The predicted octanol–water partition coefficient (Wildman–Crippen LogP) is 1.66. The summed E-state index contributed by atoms with van der Waals surface area (Å²) in [7, 11) is 0. The number of unbranched alkanes of at least 4 members (excludes halogenated alkanes) is 2. The normalized spacial score (nSPS) is 19.3. The second-order valence-electron chi connectivity index (χ2n) is 4.07. The first-order valence-corrected chi connectivity index (χ1v) is 6.13. The minimum absolute atomic E-state index is 0.326. The van der Waals surface area contributed by atoms with Gasteiger partial charge in [-0.1, -0.05) is 19.8 Å². The minimum atomic E-state index is -2.08. The Balaban J connectivity index is 0.000000411. The van der Waals surface area contributed by atoms with Crippen LogP contribution in [-0.4, -0.2) is 39.1 Å². The summed E-state index contributed by atoms with van der Waals surface area (Å²) in [4.78, 5) is 31.1. The van der Waals surface area contributed by atoms with Crippen LogP contribution in [0.15, 0.2) is 0 Å². The largest absolute Gasteiger partial charge is 0.481 e. The topological polar surface area (TPSA) is 112 Å². The highest BCUT2D eigenvalue weighted by Crippen LogP contribution is 2.53. The van der Waals surface area contributed by atoms with E-state index in [1.165, 1.54) is 19.3 Å². The maximum atomic E-state index is 10.4. The number of carboxylic acid groups (broad SMARTS) is 3. The number of halogens is 1. The van der Waals surface area contributed by atoms with E-state index in [4.69, 9.17) is 26.9 Å². The number of hydrogen-bond donors (Lipinski definition) is 3. The molecule has 0 saturated heterocycles. The van der Waals surface area contributed by atoms with Gasteiger partial charge in [-0.2, -0.15) is 0 Å². The Hall–Kier alpha value is -1.30. The van der Waals surface area contributed by atoms with Crippen molar-refractivity contribution in [1.29, 1.82) is 0 Å². The molecule has 0 bridgehead atoms. The summed E-state index contributed by atoms with van der Waals surface area (Å²) < 4.78 is 0. The van der Waals surface area contributed by atoms with Crippen LogP contribution in [0.1, 0.15) is 32.6 Å². The first kappa shape index (κ1) is 16.7. The van der Waals surface area contributed by atoms with Crippen molar-refractivity contribution in [3.63, 3.8) is 0 Å². The molecule has 6 nitrogen and oxygen atoms in total. The summed E-state index contributed by atoms with van der Waals surface area (Å²) in [6.07, 6.45) is 3.40. The van der Waals surface area contributed by atoms with E-state index in [0.717, 1.165) is 5.88 Å². The van der Waals surface area contributed by atoms with Crippen molar-refractivity contribution in [3.05, 3.63) is 0 Å². The Morgan fingerprint density at radius 1 is 1.17 bits per heavy atom. The highest BCUT2D eigenvalue weighted by Gasteiger charge is 2.70. The molecule has 0 aliphatic heterocycles. The Morgan fingerprint density at radius 3 is 1.78 bits per heavy atom. The summed E-state index contributed by atoms with van der Waals surface area (Å²) >= 11 is 5.38. The number of alkyl halides is 1. The van der Waals surface area contributed by atoms with Crippen LogP contribution in [0.3, 0.4) is 0 Å². The van der Waals surface area contributed by atoms with Crippen LogP contribution in [0, 0.1) is 11.3 Å². The van der Waals surface area contributed by atoms with Gasteiger partial charge in [0.15, 0.2) is 5.41 Å². The molecule has 1 aliphatic rings. The van der Waals surface area contributed by atoms with Crippen molar-refractivity contribution in [1.82, 2.24) is 0 Å². The molecule has 0 aromatic heterocycles. The highest BCUT2D eigenvalue weighted by molar-refractivity contribution is 6.17. The molecule has 0 aromatic carbocycles. The van der Waals surface area contributed by atoms with Crippen molar-refractivity contribution in [2.24, 2.45) is 11.3 Å². The molecule has 0 radical (unpaired) electrons. The summed E-state index contributed by atoms with van der Waals surface area (Å²) in [6, 6.07) is 0. The fraction of sp³-hybridized carbons (Fsp3) is 0.727. The summed E-state index contributed by atoms with van der Waals surface area (Å²) in [5.74, 6) is -4.99. The van der Waals surface area contributed by atoms with E-state index in [9.17, 15) is 14.4 Å². The molecule has 0 spiro atoms. The molecule has 104 valence electrons. The van der Waals surface area contributed by atoms with Gasteiger partial charge in [0.05, 0.1) is 5.92 Å². The molecule has 7 heteroatoms. The van der Waals surface area contributed by atoms with Crippen LogP contribution < -0.4 is 0 Å². The number of carbonyl (C=O) groups is 3. The fourth-order valence-corrected chi connectivity index (χ4v) is 1.66. The molecule has 1 saturated carbocycles. The monoisotopic (exact) mass is 280 g/mol. The molecule has 1 atom stereocenters. The van der Waals surface area contributed by atoms with E-state index in [2.05, 4.69) is 6.92 Å². The van der Waals surface area contributed by atoms with E-state index in [0.29, 0.717) is 0 Å².